The molecule has 4 rings (SSSR count). The third kappa shape index (κ3) is 3.25. The minimum absolute atomic E-state index is 0.126. The number of amides is 1. The number of carbonyl (C=O) groups excluding carboxylic acids is 1. The van der Waals surface area contributed by atoms with E-state index in [4.69, 9.17) is 4.74 Å². The lowest BCUT2D eigenvalue weighted by Crippen LogP contribution is -2.35. The molecule has 1 aliphatic carbocycles. The van der Waals surface area contributed by atoms with Crippen LogP contribution in [0.15, 0.2) is 48.5 Å². The summed E-state index contributed by atoms with van der Waals surface area (Å²) in [7, 11) is 1.68. The van der Waals surface area contributed by atoms with Crippen LogP contribution in [0.3, 0.4) is 0 Å². The fourth-order valence-corrected chi connectivity index (χ4v) is 3.69. The molecule has 0 saturated heterocycles. The first-order valence-electron chi connectivity index (χ1n) is 8.73. The van der Waals surface area contributed by atoms with Gasteiger partial charge in [-0.3, -0.25) is 4.79 Å². The van der Waals surface area contributed by atoms with E-state index in [-0.39, 0.29) is 11.9 Å². The zero-order valence-electron chi connectivity index (χ0n) is 14.3. The Labute approximate surface area is 147 Å². The second-order valence-corrected chi connectivity index (χ2v) is 6.65. The summed E-state index contributed by atoms with van der Waals surface area (Å²) in [6, 6.07) is 16.4. The van der Waals surface area contributed by atoms with Crippen LogP contribution in [0.2, 0.25) is 0 Å². The minimum Gasteiger partial charge on any atom is -0.497 e. The summed E-state index contributed by atoms with van der Waals surface area (Å²) in [6.45, 7) is 0. The smallest absolute Gasteiger partial charge is 0.220 e. The van der Waals surface area contributed by atoms with Gasteiger partial charge in [0, 0.05) is 35.5 Å². The number of hydrogen-bond acceptors (Lipinski definition) is 2. The van der Waals surface area contributed by atoms with E-state index in [1.54, 1.807) is 7.11 Å². The number of aryl methyl sites for hydroxylation is 1. The van der Waals surface area contributed by atoms with Crippen LogP contribution in [0, 0.1) is 0 Å². The molecule has 1 unspecified atom stereocenters. The van der Waals surface area contributed by atoms with Gasteiger partial charge in [-0.25, -0.2) is 0 Å². The highest BCUT2D eigenvalue weighted by atomic mass is 16.5. The summed E-state index contributed by atoms with van der Waals surface area (Å²) in [5.41, 5.74) is 4.88. The Morgan fingerprint density at radius 3 is 2.84 bits per heavy atom. The molecule has 0 aliphatic heterocycles. The van der Waals surface area contributed by atoms with Crippen molar-refractivity contribution in [3.8, 4) is 5.75 Å². The molecule has 3 aromatic rings. The number of rotatable bonds is 5. The Balaban J connectivity index is 1.39. The van der Waals surface area contributed by atoms with Gasteiger partial charge in [0.25, 0.3) is 0 Å². The molecule has 0 spiro atoms. The largest absolute Gasteiger partial charge is 0.497 e. The highest BCUT2D eigenvalue weighted by molar-refractivity contribution is 5.87. The Hall–Kier alpha value is -2.75. The number of ether oxygens (including phenoxy) is 1. The molecule has 1 atom stereocenters. The molecule has 0 saturated carbocycles. The van der Waals surface area contributed by atoms with Gasteiger partial charge in [0.15, 0.2) is 0 Å². The topological polar surface area (TPSA) is 54.1 Å². The van der Waals surface area contributed by atoms with Crippen molar-refractivity contribution >= 4 is 16.8 Å². The number of aromatic nitrogens is 1. The van der Waals surface area contributed by atoms with Crippen molar-refractivity contribution in [1.82, 2.24) is 10.3 Å². The number of carbonyl (C=O) groups is 1. The molecule has 0 fully saturated rings. The zero-order chi connectivity index (χ0) is 17.2. The normalized spacial score (nSPS) is 16.0. The van der Waals surface area contributed by atoms with E-state index in [2.05, 4.69) is 34.6 Å². The van der Waals surface area contributed by atoms with Crippen molar-refractivity contribution in [2.45, 2.75) is 31.7 Å². The van der Waals surface area contributed by atoms with Gasteiger partial charge in [-0.15, -0.1) is 0 Å². The average Bonchev–Trinajstić information content (AvgIpc) is 3.17. The number of benzene rings is 2. The van der Waals surface area contributed by atoms with Crippen molar-refractivity contribution in [2.75, 3.05) is 7.11 Å². The summed E-state index contributed by atoms with van der Waals surface area (Å²) in [6.07, 6.45) is 3.05. The Morgan fingerprint density at radius 1 is 1.20 bits per heavy atom. The van der Waals surface area contributed by atoms with Crippen molar-refractivity contribution in [3.05, 3.63) is 65.4 Å². The number of fused-ring (bicyclic) bond motifs is 3. The number of nitrogens with one attached hydrogen (secondary N) is 2. The molecule has 128 valence electrons. The summed E-state index contributed by atoms with van der Waals surface area (Å²) in [4.78, 5) is 15.7. The Kier molecular flexibility index (Phi) is 4.18. The van der Waals surface area contributed by atoms with E-state index < -0.39 is 0 Å². The third-order valence-corrected chi connectivity index (χ3v) is 4.95. The second-order valence-electron chi connectivity index (χ2n) is 6.65. The number of hydrogen-bond donors (Lipinski definition) is 2. The number of aromatic amines is 1. The van der Waals surface area contributed by atoms with Gasteiger partial charge in [-0.05, 0) is 42.2 Å². The molecule has 0 radical (unpaired) electrons. The molecule has 1 amide bonds. The average molecular weight is 334 g/mol. The van der Waals surface area contributed by atoms with Crippen LogP contribution in [0.1, 0.15) is 23.2 Å². The summed E-state index contributed by atoms with van der Waals surface area (Å²) >= 11 is 0. The van der Waals surface area contributed by atoms with E-state index in [1.165, 1.54) is 22.2 Å². The fraction of sp³-hybridized carbons (Fsp3) is 0.286. The number of H-pyrrole nitrogens is 1. The van der Waals surface area contributed by atoms with Crippen LogP contribution in [-0.2, 0) is 24.1 Å². The maximum Gasteiger partial charge on any atom is 0.220 e. The zero-order valence-corrected chi connectivity index (χ0v) is 14.3. The van der Waals surface area contributed by atoms with E-state index in [0.29, 0.717) is 6.42 Å². The molecule has 0 bridgehead atoms. The van der Waals surface area contributed by atoms with Crippen LogP contribution >= 0.6 is 0 Å². The fourth-order valence-electron chi connectivity index (χ4n) is 3.69. The van der Waals surface area contributed by atoms with Gasteiger partial charge in [0.05, 0.1) is 7.11 Å². The monoisotopic (exact) mass is 334 g/mol. The van der Waals surface area contributed by atoms with Crippen LogP contribution < -0.4 is 10.1 Å². The van der Waals surface area contributed by atoms with Crippen molar-refractivity contribution in [2.24, 2.45) is 0 Å². The maximum absolute atomic E-state index is 12.3. The van der Waals surface area contributed by atoms with Crippen molar-refractivity contribution < 1.29 is 9.53 Å². The summed E-state index contributed by atoms with van der Waals surface area (Å²) in [5, 5.41) is 4.39. The highest BCUT2D eigenvalue weighted by Crippen LogP contribution is 2.32. The first kappa shape index (κ1) is 15.8. The minimum atomic E-state index is 0.126. The molecule has 2 N–H and O–H groups in total. The highest BCUT2D eigenvalue weighted by Gasteiger charge is 2.26. The predicted molar refractivity (Wildman–Crippen MR) is 99.0 cm³/mol. The van der Waals surface area contributed by atoms with Gasteiger partial charge in [0.1, 0.15) is 5.75 Å². The van der Waals surface area contributed by atoms with E-state index in [9.17, 15) is 4.79 Å². The maximum atomic E-state index is 12.3. The SMILES string of the molecule is COc1ccc2[nH]c3c(c2c1)CC(NC(=O)CCc1ccccc1)C3. The van der Waals surface area contributed by atoms with Crippen LogP contribution in [0.25, 0.3) is 10.9 Å². The molecular formula is C21H22N2O2. The van der Waals surface area contributed by atoms with Crippen LogP contribution in [0.5, 0.6) is 5.75 Å². The third-order valence-electron chi connectivity index (χ3n) is 4.95. The summed E-state index contributed by atoms with van der Waals surface area (Å²) in [5.74, 6) is 0.991. The Morgan fingerprint density at radius 2 is 2.04 bits per heavy atom. The van der Waals surface area contributed by atoms with Gasteiger partial charge < -0.3 is 15.0 Å². The lowest BCUT2D eigenvalue weighted by molar-refractivity contribution is -0.121. The standard InChI is InChI=1S/C21H22N2O2/c1-25-16-8-9-19-18(13-16)17-11-15(12-20(17)23-19)22-21(24)10-7-14-5-3-2-4-6-14/h2-6,8-9,13,15,23H,7,10-12H2,1H3,(H,22,24). The molecule has 4 nitrogen and oxygen atoms in total. The van der Waals surface area contributed by atoms with Crippen molar-refractivity contribution in [1.29, 1.82) is 0 Å². The molecule has 25 heavy (non-hydrogen) atoms. The Bertz CT molecular complexity index is 899. The van der Waals surface area contributed by atoms with Gasteiger partial charge >= 0.3 is 0 Å². The first-order chi connectivity index (χ1) is 12.2. The first-order valence-corrected chi connectivity index (χ1v) is 8.73. The molecular weight excluding hydrogens is 312 g/mol. The lowest BCUT2D eigenvalue weighted by atomic mass is 10.1. The molecule has 4 heteroatoms. The second kappa shape index (κ2) is 6.63. The molecule has 1 aliphatic rings. The van der Waals surface area contributed by atoms with Crippen molar-refractivity contribution in [3.63, 3.8) is 0 Å². The van der Waals surface area contributed by atoms with Gasteiger partial charge in [-0.2, -0.15) is 0 Å². The van der Waals surface area contributed by atoms with E-state index >= 15 is 0 Å². The van der Waals surface area contributed by atoms with Gasteiger partial charge in [-0.1, -0.05) is 30.3 Å². The number of methoxy groups -OCH3 is 1. The van der Waals surface area contributed by atoms with E-state index in [1.807, 2.05) is 24.3 Å². The summed E-state index contributed by atoms with van der Waals surface area (Å²) < 4.78 is 5.33. The quantitative estimate of drug-likeness (QED) is 0.751. The van der Waals surface area contributed by atoms with Crippen LogP contribution in [-0.4, -0.2) is 24.0 Å². The predicted octanol–water partition coefficient (Wildman–Crippen LogP) is 3.39. The lowest BCUT2D eigenvalue weighted by Gasteiger charge is -2.12. The molecule has 2 aromatic carbocycles. The molecule has 1 heterocycles. The van der Waals surface area contributed by atoms with Gasteiger partial charge in [0.2, 0.25) is 5.91 Å². The van der Waals surface area contributed by atoms with E-state index in [0.717, 1.165) is 30.5 Å². The molecule has 1 aromatic heterocycles. The van der Waals surface area contributed by atoms with Crippen LogP contribution in [0.4, 0.5) is 0 Å².